The van der Waals surface area contributed by atoms with E-state index in [1.807, 2.05) is 18.2 Å². The Balaban J connectivity index is 1.94. The minimum absolute atomic E-state index is 0.000149. The van der Waals surface area contributed by atoms with Crippen LogP contribution < -0.4 is 4.90 Å². The summed E-state index contributed by atoms with van der Waals surface area (Å²) in [5.41, 5.74) is 4.87. The third-order valence-electron chi connectivity index (χ3n) is 4.29. The van der Waals surface area contributed by atoms with Crippen LogP contribution >= 0.6 is 0 Å². The second-order valence-corrected chi connectivity index (χ2v) is 5.95. The summed E-state index contributed by atoms with van der Waals surface area (Å²) in [5, 5.41) is 11.0. The molecule has 0 radical (unpaired) electrons. The summed E-state index contributed by atoms with van der Waals surface area (Å²) in [6.45, 7) is 2.81. The molecule has 1 aliphatic heterocycles. The first-order valence-electron chi connectivity index (χ1n) is 7.65. The van der Waals surface area contributed by atoms with Crippen molar-refractivity contribution in [3.05, 3.63) is 75.3 Å². The van der Waals surface area contributed by atoms with Crippen LogP contribution in [-0.2, 0) is 13.0 Å². The van der Waals surface area contributed by atoms with Gasteiger partial charge in [0.05, 0.1) is 6.04 Å². The molecule has 3 rings (SSSR count). The summed E-state index contributed by atoms with van der Waals surface area (Å²) in [6.07, 6.45) is 1.76. The summed E-state index contributed by atoms with van der Waals surface area (Å²) >= 11 is 0. The van der Waals surface area contributed by atoms with Gasteiger partial charge < -0.3 is 4.90 Å². The van der Waals surface area contributed by atoms with E-state index in [4.69, 9.17) is 0 Å². The molecule has 1 heterocycles. The zero-order chi connectivity index (χ0) is 15.5. The fraction of sp³-hybridized carbons (Fsp3) is 0.333. The zero-order valence-electron chi connectivity index (χ0n) is 12.7. The van der Waals surface area contributed by atoms with Gasteiger partial charge >= 0.3 is 0 Å². The molecule has 0 saturated carbocycles. The standard InChI is InChI=1S/C18H20N2O2/c1-14-7-10-18-16(11-14)8-9-17(13-20(21)22)19(18)12-15-5-3-2-4-6-15/h2-7,10-11,17H,8-9,12-13H2,1H3. The van der Waals surface area contributed by atoms with Gasteiger partial charge in [-0.05, 0) is 37.0 Å². The lowest BCUT2D eigenvalue weighted by Gasteiger charge is -2.37. The van der Waals surface area contributed by atoms with Crippen molar-refractivity contribution in [3.8, 4) is 0 Å². The van der Waals surface area contributed by atoms with Crippen LogP contribution in [-0.4, -0.2) is 17.5 Å². The van der Waals surface area contributed by atoms with Crippen LogP contribution in [0.4, 0.5) is 5.69 Å². The summed E-state index contributed by atoms with van der Waals surface area (Å²) in [5.74, 6) is 0. The molecule has 0 spiro atoms. The van der Waals surface area contributed by atoms with Crippen LogP contribution in [0.2, 0.25) is 0 Å². The van der Waals surface area contributed by atoms with E-state index in [0.717, 1.165) is 25.1 Å². The second-order valence-electron chi connectivity index (χ2n) is 5.95. The molecule has 0 amide bonds. The van der Waals surface area contributed by atoms with Crippen molar-refractivity contribution in [2.75, 3.05) is 11.4 Å². The zero-order valence-corrected chi connectivity index (χ0v) is 12.7. The molecule has 0 saturated heterocycles. The minimum Gasteiger partial charge on any atom is -0.357 e. The first kappa shape index (κ1) is 14.6. The van der Waals surface area contributed by atoms with Gasteiger partial charge in [-0.15, -0.1) is 0 Å². The van der Waals surface area contributed by atoms with Crippen molar-refractivity contribution in [3.63, 3.8) is 0 Å². The Bertz CT molecular complexity index is 670. The molecule has 0 bridgehead atoms. The molecule has 2 aromatic carbocycles. The van der Waals surface area contributed by atoms with Crippen LogP contribution in [0.5, 0.6) is 0 Å². The molecule has 4 heteroatoms. The van der Waals surface area contributed by atoms with Gasteiger partial charge in [-0.25, -0.2) is 0 Å². The lowest BCUT2D eigenvalue weighted by Crippen LogP contribution is -2.43. The molecule has 0 aliphatic carbocycles. The maximum absolute atomic E-state index is 11.0. The Morgan fingerprint density at radius 3 is 2.73 bits per heavy atom. The highest BCUT2D eigenvalue weighted by Crippen LogP contribution is 2.32. The number of nitrogens with zero attached hydrogens (tertiary/aromatic N) is 2. The van der Waals surface area contributed by atoms with Gasteiger partial charge in [0.2, 0.25) is 6.54 Å². The SMILES string of the molecule is Cc1ccc2c(c1)CCC(C[N+](=O)[O-])N2Cc1ccccc1. The first-order valence-corrected chi connectivity index (χ1v) is 7.65. The Labute approximate surface area is 130 Å². The fourth-order valence-corrected chi connectivity index (χ4v) is 3.23. The molecule has 0 N–H and O–H groups in total. The summed E-state index contributed by atoms with van der Waals surface area (Å²) in [4.78, 5) is 13.0. The second kappa shape index (κ2) is 6.18. The quantitative estimate of drug-likeness (QED) is 0.640. The summed E-state index contributed by atoms with van der Waals surface area (Å²) < 4.78 is 0. The van der Waals surface area contributed by atoms with E-state index in [0.29, 0.717) is 0 Å². The van der Waals surface area contributed by atoms with Crippen LogP contribution in [0.25, 0.3) is 0 Å². The van der Waals surface area contributed by atoms with Crippen molar-refractivity contribution in [2.45, 2.75) is 32.4 Å². The molecule has 2 aromatic rings. The first-order chi connectivity index (χ1) is 10.6. The van der Waals surface area contributed by atoms with E-state index in [-0.39, 0.29) is 17.5 Å². The van der Waals surface area contributed by atoms with Crippen molar-refractivity contribution >= 4 is 5.69 Å². The average molecular weight is 296 g/mol. The van der Waals surface area contributed by atoms with E-state index in [9.17, 15) is 10.1 Å². The Morgan fingerprint density at radius 1 is 1.23 bits per heavy atom. The molecule has 0 fully saturated rings. The van der Waals surface area contributed by atoms with Crippen LogP contribution in [0, 0.1) is 17.0 Å². The number of aryl methyl sites for hydroxylation is 2. The van der Waals surface area contributed by atoms with Crippen LogP contribution in [0.1, 0.15) is 23.1 Å². The Hall–Kier alpha value is -2.36. The number of nitro groups is 1. The molecule has 1 atom stereocenters. The maximum atomic E-state index is 11.0. The van der Waals surface area contributed by atoms with Gasteiger partial charge in [0, 0.05) is 17.2 Å². The van der Waals surface area contributed by atoms with E-state index in [2.05, 4.69) is 42.2 Å². The molecule has 1 aliphatic rings. The predicted octanol–water partition coefficient (Wildman–Crippen LogP) is 3.59. The normalized spacial score (nSPS) is 17.1. The third-order valence-corrected chi connectivity index (χ3v) is 4.29. The highest BCUT2D eigenvalue weighted by atomic mass is 16.6. The number of fused-ring (bicyclic) bond motifs is 1. The van der Waals surface area contributed by atoms with Gasteiger partial charge in [0.1, 0.15) is 0 Å². The monoisotopic (exact) mass is 296 g/mol. The molecule has 114 valence electrons. The van der Waals surface area contributed by atoms with E-state index in [1.54, 1.807) is 0 Å². The number of anilines is 1. The van der Waals surface area contributed by atoms with Gasteiger partial charge in [-0.3, -0.25) is 10.1 Å². The Morgan fingerprint density at radius 2 is 2.00 bits per heavy atom. The number of benzene rings is 2. The number of hydrogen-bond donors (Lipinski definition) is 0. The highest BCUT2D eigenvalue weighted by molar-refractivity contribution is 5.58. The van der Waals surface area contributed by atoms with E-state index in [1.165, 1.54) is 16.7 Å². The fourth-order valence-electron chi connectivity index (χ4n) is 3.23. The van der Waals surface area contributed by atoms with Gasteiger partial charge in [0.15, 0.2) is 0 Å². The minimum atomic E-state index is -0.193. The molecule has 0 aromatic heterocycles. The number of rotatable bonds is 4. The topological polar surface area (TPSA) is 46.4 Å². The molecular formula is C18H20N2O2. The summed E-state index contributed by atoms with van der Waals surface area (Å²) in [7, 11) is 0. The maximum Gasteiger partial charge on any atom is 0.223 e. The Kier molecular flexibility index (Phi) is 4.09. The smallest absolute Gasteiger partial charge is 0.223 e. The number of hydrogen-bond acceptors (Lipinski definition) is 3. The molecular weight excluding hydrogens is 276 g/mol. The van der Waals surface area contributed by atoms with Crippen molar-refractivity contribution in [1.82, 2.24) is 0 Å². The third kappa shape index (κ3) is 3.11. The molecule has 22 heavy (non-hydrogen) atoms. The van der Waals surface area contributed by atoms with Crippen LogP contribution in [0.15, 0.2) is 48.5 Å². The molecule has 1 unspecified atom stereocenters. The summed E-state index contributed by atoms with van der Waals surface area (Å²) in [6, 6.07) is 16.5. The van der Waals surface area contributed by atoms with E-state index < -0.39 is 0 Å². The lowest BCUT2D eigenvalue weighted by molar-refractivity contribution is -0.482. The molecule has 4 nitrogen and oxygen atoms in total. The largest absolute Gasteiger partial charge is 0.357 e. The van der Waals surface area contributed by atoms with Crippen molar-refractivity contribution in [2.24, 2.45) is 0 Å². The van der Waals surface area contributed by atoms with Gasteiger partial charge in [-0.1, -0.05) is 48.0 Å². The van der Waals surface area contributed by atoms with Crippen molar-refractivity contribution in [1.29, 1.82) is 0 Å². The predicted molar refractivity (Wildman–Crippen MR) is 87.8 cm³/mol. The average Bonchev–Trinajstić information content (AvgIpc) is 2.50. The van der Waals surface area contributed by atoms with Crippen LogP contribution in [0.3, 0.4) is 0 Å². The van der Waals surface area contributed by atoms with E-state index >= 15 is 0 Å². The lowest BCUT2D eigenvalue weighted by atomic mass is 9.93. The highest BCUT2D eigenvalue weighted by Gasteiger charge is 2.29. The van der Waals surface area contributed by atoms with Crippen molar-refractivity contribution < 1.29 is 4.92 Å². The van der Waals surface area contributed by atoms with Gasteiger partial charge in [-0.2, -0.15) is 0 Å². The van der Waals surface area contributed by atoms with Gasteiger partial charge in [0.25, 0.3) is 0 Å².